The molecule has 15 heteroatoms. The Kier molecular flexibility index (Phi) is 9.68. The molecule has 1 aromatic carbocycles. The predicted octanol–water partition coefficient (Wildman–Crippen LogP) is 5.53. The molecule has 2 fully saturated rings. The highest BCUT2D eigenvalue weighted by atomic mass is 35.5. The number of carbonyl (C=O) groups excluding carboxylic acids is 1. The minimum atomic E-state index is -0.537. The third-order valence-electron chi connectivity index (χ3n) is 7.58. The van der Waals surface area contributed by atoms with Gasteiger partial charge in [-0.15, -0.1) is 15.0 Å². The first-order valence-electron chi connectivity index (χ1n) is 15.4. The third-order valence-corrected chi connectivity index (χ3v) is 8.80. The average molecular weight is 667 g/mol. The Morgan fingerprint density at radius 1 is 1.17 bits per heavy atom. The molecule has 0 saturated carbocycles. The Hall–Kier alpha value is -3.85. The average Bonchev–Trinajstić information content (AvgIpc) is 3.67. The number of aryl methyl sites for hydroxylation is 1. The minimum absolute atomic E-state index is 0.0437. The topological polar surface area (TPSA) is 135 Å². The number of likely N-dealkylation sites (tertiary alicyclic amines) is 1. The monoisotopic (exact) mass is 666 g/mol. The van der Waals surface area contributed by atoms with Gasteiger partial charge >= 0.3 is 6.09 Å². The molecule has 0 bridgehead atoms. The molecule has 0 spiro atoms. The highest BCUT2D eigenvalue weighted by Crippen LogP contribution is 2.30. The summed E-state index contributed by atoms with van der Waals surface area (Å²) in [7, 11) is 0. The molecule has 244 valence electrons. The summed E-state index contributed by atoms with van der Waals surface area (Å²) in [6.07, 6.45) is 3.24. The van der Waals surface area contributed by atoms with Crippen LogP contribution in [0.3, 0.4) is 0 Å². The van der Waals surface area contributed by atoms with E-state index < -0.39 is 5.60 Å². The number of carbonyl (C=O) groups is 1. The van der Waals surface area contributed by atoms with E-state index in [1.807, 2.05) is 45.9 Å². The fourth-order valence-electron chi connectivity index (χ4n) is 5.46. The summed E-state index contributed by atoms with van der Waals surface area (Å²) in [4.78, 5) is 28.6. The van der Waals surface area contributed by atoms with Crippen molar-refractivity contribution in [1.82, 2.24) is 40.0 Å². The number of nitrogens with one attached hydrogen (secondary N) is 2. The van der Waals surface area contributed by atoms with E-state index in [0.29, 0.717) is 40.6 Å². The second-order valence-corrected chi connectivity index (χ2v) is 13.9. The number of thiazole rings is 1. The molecule has 0 aliphatic carbocycles. The number of hydrogen-bond donors (Lipinski definition) is 2. The van der Waals surface area contributed by atoms with E-state index >= 15 is 0 Å². The first-order valence-corrected chi connectivity index (χ1v) is 16.6. The second-order valence-electron chi connectivity index (χ2n) is 12.5. The molecule has 1 atom stereocenters. The Balaban J connectivity index is 1.19. The quantitative estimate of drug-likeness (QED) is 0.246. The molecular formula is C31H39ClN10O3S. The number of tetrazole rings is 1. The molecule has 6 rings (SSSR count). The number of morpholine rings is 1. The maximum atomic E-state index is 12.8. The lowest BCUT2D eigenvalue weighted by atomic mass is 10.1. The third kappa shape index (κ3) is 8.10. The van der Waals surface area contributed by atoms with Gasteiger partial charge in [0, 0.05) is 38.8 Å². The van der Waals surface area contributed by atoms with Crippen molar-refractivity contribution in [3.05, 3.63) is 52.7 Å². The normalized spacial score (nSPS) is 17.6. The second kappa shape index (κ2) is 13.9. The zero-order valence-electron chi connectivity index (χ0n) is 26.5. The SMILES string of the molecule is Cc1cccc(Cl)c1-n1nnc(-c2cnc(Nc3cc(CN4CCOCC4)cc(N[C@H]4CCCN(C(=O)OC(C)(C)C)C4)n3)s2)n1. The van der Waals surface area contributed by atoms with Gasteiger partial charge in [-0.05, 0) is 75.1 Å². The maximum Gasteiger partial charge on any atom is 0.410 e. The van der Waals surface area contributed by atoms with Gasteiger partial charge in [0.2, 0.25) is 5.82 Å². The van der Waals surface area contributed by atoms with Crippen LogP contribution in [-0.2, 0) is 16.0 Å². The lowest BCUT2D eigenvalue weighted by molar-refractivity contribution is 0.0206. The Morgan fingerprint density at radius 2 is 1.98 bits per heavy atom. The van der Waals surface area contributed by atoms with Gasteiger partial charge in [0.05, 0.1) is 29.3 Å². The van der Waals surface area contributed by atoms with Crippen LogP contribution in [0, 0.1) is 6.92 Å². The van der Waals surface area contributed by atoms with Crippen LogP contribution in [0.15, 0.2) is 36.5 Å². The zero-order valence-corrected chi connectivity index (χ0v) is 28.1. The molecular weight excluding hydrogens is 628 g/mol. The van der Waals surface area contributed by atoms with Crippen molar-refractivity contribution in [3.8, 4) is 16.4 Å². The first kappa shape index (κ1) is 32.1. The summed E-state index contributed by atoms with van der Waals surface area (Å²) in [5, 5.41) is 21.2. The van der Waals surface area contributed by atoms with Crippen LogP contribution in [0.2, 0.25) is 5.02 Å². The molecule has 0 unspecified atom stereocenters. The summed E-state index contributed by atoms with van der Waals surface area (Å²) in [5.41, 5.74) is 2.21. The van der Waals surface area contributed by atoms with Gasteiger partial charge in [-0.25, -0.2) is 14.8 Å². The Labute approximate surface area is 277 Å². The van der Waals surface area contributed by atoms with Gasteiger partial charge in [-0.2, -0.15) is 0 Å². The summed E-state index contributed by atoms with van der Waals surface area (Å²) in [6.45, 7) is 12.8. The number of rotatable bonds is 8. The van der Waals surface area contributed by atoms with Crippen LogP contribution in [0.5, 0.6) is 0 Å². The standard InChI is InChI=1S/C31H39ClN10O3S/c1-20-7-5-9-23(32)27(20)42-38-28(37-39-42)24-17-33-29(46-24)36-26-16-21(18-40-11-13-44-14-12-40)15-25(35-26)34-22-8-6-10-41(19-22)30(43)45-31(2,3)4/h5,7,9,15-17,22H,6,8,10-14,18-19H2,1-4H3,(H2,33,34,35,36)/t22-/m0/s1. The molecule has 2 aliphatic rings. The number of aromatic nitrogens is 6. The Bertz CT molecular complexity index is 1650. The molecule has 13 nitrogen and oxygen atoms in total. The fraction of sp³-hybridized carbons (Fsp3) is 0.484. The number of anilines is 3. The van der Waals surface area contributed by atoms with Crippen molar-refractivity contribution in [2.24, 2.45) is 0 Å². The largest absolute Gasteiger partial charge is 0.444 e. The molecule has 1 amide bonds. The zero-order chi connectivity index (χ0) is 32.3. The number of halogens is 1. The lowest BCUT2D eigenvalue weighted by Gasteiger charge is -2.34. The fourth-order valence-corrected chi connectivity index (χ4v) is 6.50. The molecule has 2 aliphatic heterocycles. The van der Waals surface area contributed by atoms with Crippen LogP contribution in [0.25, 0.3) is 16.4 Å². The van der Waals surface area contributed by atoms with E-state index in [1.165, 1.54) is 16.1 Å². The molecule has 2 N–H and O–H groups in total. The molecule has 2 saturated heterocycles. The van der Waals surface area contributed by atoms with Crippen LogP contribution in [0.1, 0.15) is 44.7 Å². The van der Waals surface area contributed by atoms with Crippen molar-refractivity contribution in [3.63, 3.8) is 0 Å². The first-order chi connectivity index (χ1) is 22.1. The highest BCUT2D eigenvalue weighted by Gasteiger charge is 2.28. The van der Waals surface area contributed by atoms with Crippen LogP contribution >= 0.6 is 22.9 Å². The van der Waals surface area contributed by atoms with Crippen molar-refractivity contribution >= 4 is 45.8 Å². The number of hydrogen-bond acceptors (Lipinski definition) is 12. The summed E-state index contributed by atoms with van der Waals surface area (Å²) in [6, 6.07) is 9.81. The van der Waals surface area contributed by atoms with Crippen molar-refractivity contribution in [1.29, 1.82) is 0 Å². The summed E-state index contributed by atoms with van der Waals surface area (Å²) >= 11 is 7.82. The number of amides is 1. The predicted molar refractivity (Wildman–Crippen MR) is 178 cm³/mol. The van der Waals surface area contributed by atoms with E-state index in [4.69, 9.17) is 26.1 Å². The summed E-state index contributed by atoms with van der Waals surface area (Å²) in [5.74, 6) is 1.85. The summed E-state index contributed by atoms with van der Waals surface area (Å²) < 4.78 is 11.2. The van der Waals surface area contributed by atoms with Gasteiger partial charge in [0.25, 0.3) is 0 Å². The van der Waals surface area contributed by atoms with Crippen LogP contribution in [-0.4, -0.2) is 97.1 Å². The number of pyridine rings is 1. The van der Waals surface area contributed by atoms with Gasteiger partial charge in [-0.3, -0.25) is 4.90 Å². The van der Waals surface area contributed by atoms with E-state index in [1.54, 1.807) is 17.2 Å². The number of nitrogens with zero attached hydrogens (tertiary/aromatic N) is 8. The lowest BCUT2D eigenvalue weighted by Crippen LogP contribution is -2.47. The number of benzene rings is 1. The molecule has 0 radical (unpaired) electrons. The molecule has 46 heavy (non-hydrogen) atoms. The van der Waals surface area contributed by atoms with Crippen molar-refractivity contribution < 1.29 is 14.3 Å². The maximum absolute atomic E-state index is 12.8. The number of ether oxygens (including phenoxy) is 2. The van der Waals surface area contributed by atoms with Gasteiger partial charge < -0.3 is 25.0 Å². The molecule has 3 aromatic heterocycles. The number of piperidine rings is 1. The number of para-hydroxylation sites is 1. The van der Waals surface area contributed by atoms with Crippen molar-refractivity contribution in [2.45, 2.75) is 58.7 Å². The van der Waals surface area contributed by atoms with Crippen LogP contribution < -0.4 is 10.6 Å². The Morgan fingerprint density at radius 3 is 2.76 bits per heavy atom. The molecule has 5 heterocycles. The van der Waals surface area contributed by atoms with E-state index in [-0.39, 0.29) is 12.1 Å². The van der Waals surface area contributed by atoms with Crippen molar-refractivity contribution in [2.75, 3.05) is 50.0 Å². The van der Waals surface area contributed by atoms with E-state index in [9.17, 15) is 4.79 Å². The minimum Gasteiger partial charge on any atom is -0.444 e. The van der Waals surface area contributed by atoms with Gasteiger partial charge in [0.1, 0.15) is 22.9 Å². The molecule has 4 aromatic rings. The smallest absolute Gasteiger partial charge is 0.410 e. The van der Waals surface area contributed by atoms with Crippen LogP contribution in [0.4, 0.5) is 21.6 Å². The highest BCUT2D eigenvalue weighted by molar-refractivity contribution is 7.18. The van der Waals surface area contributed by atoms with Gasteiger partial charge in [0.15, 0.2) is 5.13 Å². The van der Waals surface area contributed by atoms with E-state index in [0.717, 1.165) is 67.5 Å². The van der Waals surface area contributed by atoms with E-state index in [2.05, 4.69) is 42.0 Å². The van der Waals surface area contributed by atoms with Gasteiger partial charge in [-0.1, -0.05) is 35.1 Å².